The highest BCUT2D eigenvalue weighted by Crippen LogP contribution is 2.25. The highest BCUT2D eigenvalue weighted by Gasteiger charge is 2.16. The Morgan fingerprint density at radius 3 is 2.74 bits per heavy atom. The first kappa shape index (κ1) is 13.5. The Labute approximate surface area is 118 Å². The molecule has 2 aromatic rings. The van der Waals surface area contributed by atoms with Crippen LogP contribution in [0, 0.1) is 6.92 Å². The lowest BCUT2D eigenvalue weighted by Gasteiger charge is -2.12. The molecule has 0 saturated heterocycles. The maximum Gasteiger partial charge on any atom is 0.138 e. The summed E-state index contributed by atoms with van der Waals surface area (Å²) in [5.74, 6) is 0.839. The summed E-state index contributed by atoms with van der Waals surface area (Å²) in [6, 6.07) is 8.19. The van der Waals surface area contributed by atoms with E-state index in [2.05, 4.69) is 23.4 Å². The average Bonchev–Trinajstić information content (AvgIpc) is 2.65. The quantitative estimate of drug-likeness (QED) is 0.842. The summed E-state index contributed by atoms with van der Waals surface area (Å²) in [5.41, 5.74) is 9.75. The zero-order valence-electron chi connectivity index (χ0n) is 11.4. The monoisotopic (exact) mass is 274 g/mol. The van der Waals surface area contributed by atoms with Gasteiger partial charge in [0.2, 0.25) is 0 Å². The highest BCUT2D eigenvalue weighted by atomic mass is 32.1. The maximum atomic E-state index is 5.79. The van der Waals surface area contributed by atoms with Crippen LogP contribution in [0.3, 0.4) is 0 Å². The Bertz CT molecular complexity index is 616. The second-order valence-electron chi connectivity index (χ2n) is 4.43. The fraction of sp³-hybridized carbons (Fsp3) is 0.286. The third-order valence-electron chi connectivity index (χ3n) is 3.12. The standard InChI is InChI=1S/C14H18N4S/c1-4-10-7-5-6-8-11(10)16-14-12(13(15)19)9(2)17-18(14)3/h5-8,16H,4H2,1-3H3,(H2,15,19). The van der Waals surface area contributed by atoms with Gasteiger partial charge in [-0.1, -0.05) is 37.3 Å². The zero-order chi connectivity index (χ0) is 14.0. The van der Waals surface area contributed by atoms with E-state index in [4.69, 9.17) is 18.0 Å². The van der Waals surface area contributed by atoms with Gasteiger partial charge in [0.05, 0.1) is 11.3 Å². The minimum atomic E-state index is 0.363. The van der Waals surface area contributed by atoms with Crippen molar-refractivity contribution in [1.29, 1.82) is 0 Å². The predicted molar refractivity (Wildman–Crippen MR) is 82.9 cm³/mol. The van der Waals surface area contributed by atoms with Gasteiger partial charge in [0.1, 0.15) is 10.8 Å². The molecule has 19 heavy (non-hydrogen) atoms. The summed E-state index contributed by atoms with van der Waals surface area (Å²) in [7, 11) is 1.88. The van der Waals surface area contributed by atoms with E-state index < -0.39 is 0 Å². The molecule has 0 saturated carbocycles. The molecule has 0 radical (unpaired) electrons. The minimum absolute atomic E-state index is 0.363. The summed E-state index contributed by atoms with van der Waals surface area (Å²) >= 11 is 5.11. The summed E-state index contributed by atoms with van der Waals surface area (Å²) < 4.78 is 1.77. The highest BCUT2D eigenvalue weighted by molar-refractivity contribution is 7.80. The molecule has 0 unspecified atom stereocenters. The molecule has 2 rings (SSSR count). The molecule has 0 bridgehead atoms. The van der Waals surface area contributed by atoms with Crippen LogP contribution in [0.5, 0.6) is 0 Å². The molecular formula is C14H18N4S. The van der Waals surface area contributed by atoms with Crippen molar-refractivity contribution in [2.24, 2.45) is 12.8 Å². The van der Waals surface area contributed by atoms with Crippen LogP contribution in [0.25, 0.3) is 0 Å². The largest absolute Gasteiger partial charge is 0.389 e. The van der Waals surface area contributed by atoms with Crippen molar-refractivity contribution >= 4 is 28.7 Å². The number of nitrogens with one attached hydrogen (secondary N) is 1. The van der Waals surface area contributed by atoms with Crippen molar-refractivity contribution in [2.75, 3.05) is 5.32 Å². The number of hydrogen-bond acceptors (Lipinski definition) is 3. The van der Waals surface area contributed by atoms with Crippen LogP contribution in [0.1, 0.15) is 23.7 Å². The molecule has 100 valence electrons. The SMILES string of the molecule is CCc1ccccc1Nc1c(C(N)=S)c(C)nn1C. The van der Waals surface area contributed by atoms with Crippen LogP contribution in [-0.2, 0) is 13.5 Å². The van der Waals surface area contributed by atoms with Gasteiger partial charge >= 0.3 is 0 Å². The first-order valence-electron chi connectivity index (χ1n) is 6.23. The van der Waals surface area contributed by atoms with Gasteiger partial charge < -0.3 is 11.1 Å². The Kier molecular flexibility index (Phi) is 3.85. The van der Waals surface area contributed by atoms with Gasteiger partial charge in [0.25, 0.3) is 0 Å². The van der Waals surface area contributed by atoms with Gasteiger partial charge in [0.15, 0.2) is 0 Å². The lowest BCUT2D eigenvalue weighted by Crippen LogP contribution is -2.13. The molecule has 0 aliphatic heterocycles. The number of hydrogen-bond donors (Lipinski definition) is 2. The van der Waals surface area contributed by atoms with Crippen molar-refractivity contribution in [1.82, 2.24) is 9.78 Å². The van der Waals surface area contributed by atoms with E-state index >= 15 is 0 Å². The average molecular weight is 274 g/mol. The number of nitrogens with two attached hydrogens (primary N) is 1. The Morgan fingerprint density at radius 1 is 1.42 bits per heavy atom. The number of rotatable bonds is 4. The second-order valence-corrected chi connectivity index (χ2v) is 4.87. The number of benzene rings is 1. The van der Waals surface area contributed by atoms with Crippen molar-refractivity contribution in [3.05, 3.63) is 41.1 Å². The van der Waals surface area contributed by atoms with Crippen LogP contribution in [0.4, 0.5) is 11.5 Å². The molecule has 0 atom stereocenters. The molecular weight excluding hydrogens is 256 g/mol. The van der Waals surface area contributed by atoms with Crippen molar-refractivity contribution in [2.45, 2.75) is 20.3 Å². The number of nitrogens with zero attached hydrogens (tertiary/aromatic N) is 2. The van der Waals surface area contributed by atoms with Gasteiger partial charge in [-0.3, -0.25) is 4.68 Å². The Hall–Kier alpha value is -1.88. The summed E-state index contributed by atoms with van der Waals surface area (Å²) in [4.78, 5) is 0.363. The van der Waals surface area contributed by atoms with Crippen LogP contribution >= 0.6 is 12.2 Å². The van der Waals surface area contributed by atoms with Gasteiger partial charge in [-0.15, -0.1) is 0 Å². The van der Waals surface area contributed by atoms with Crippen LogP contribution in [-0.4, -0.2) is 14.8 Å². The van der Waals surface area contributed by atoms with E-state index in [9.17, 15) is 0 Å². The van der Waals surface area contributed by atoms with Crippen LogP contribution < -0.4 is 11.1 Å². The second kappa shape index (κ2) is 5.40. The van der Waals surface area contributed by atoms with E-state index in [-0.39, 0.29) is 0 Å². The van der Waals surface area contributed by atoms with E-state index in [1.54, 1.807) is 4.68 Å². The maximum absolute atomic E-state index is 5.79. The third-order valence-corrected chi connectivity index (χ3v) is 3.32. The molecule has 1 aromatic carbocycles. The first-order valence-corrected chi connectivity index (χ1v) is 6.63. The normalized spacial score (nSPS) is 10.5. The fourth-order valence-corrected chi connectivity index (χ4v) is 2.42. The number of aryl methyl sites for hydroxylation is 3. The molecule has 0 aliphatic rings. The Morgan fingerprint density at radius 2 is 2.11 bits per heavy atom. The lowest BCUT2D eigenvalue weighted by molar-refractivity contribution is 0.764. The third kappa shape index (κ3) is 2.61. The van der Waals surface area contributed by atoms with Crippen molar-refractivity contribution in [3.8, 4) is 0 Å². The summed E-state index contributed by atoms with van der Waals surface area (Å²) in [6.07, 6.45) is 0.961. The van der Waals surface area contributed by atoms with Gasteiger partial charge in [-0.2, -0.15) is 5.10 Å². The number of anilines is 2. The van der Waals surface area contributed by atoms with E-state index in [1.165, 1.54) is 5.56 Å². The van der Waals surface area contributed by atoms with Gasteiger partial charge in [0, 0.05) is 12.7 Å². The van der Waals surface area contributed by atoms with Crippen molar-refractivity contribution in [3.63, 3.8) is 0 Å². The van der Waals surface area contributed by atoms with Gasteiger partial charge in [-0.25, -0.2) is 0 Å². The first-order chi connectivity index (χ1) is 9.04. The predicted octanol–water partition coefficient (Wildman–Crippen LogP) is 2.67. The fourth-order valence-electron chi connectivity index (χ4n) is 2.17. The van der Waals surface area contributed by atoms with E-state index in [0.717, 1.165) is 29.2 Å². The van der Waals surface area contributed by atoms with Gasteiger partial charge in [-0.05, 0) is 25.0 Å². The van der Waals surface area contributed by atoms with Crippen LogP contribution in [0.15, 0.2) is 24.3 Å². The Balaban J connectivity index is 2.46. The number of aromatic nitrogens is 2. The topological polar surface area (TPSA) is 55.9 Å². The van der Waals surface area contributed by atoms with Crippen molar-refractivity contribution < 1.29 is 0 Å². The molecule has 5 heteroatoms. The molecule has 1 heterocycles. The molecule has 0 aliphatic carbocycles. The molecule has 0 spiro atoms. The van der Waals surface area contributed by atoms with E-state index in [0.29, 0.717) is 4.99 Å². The molecule has 3 N–H and O–H groups in total. The van der Waals surface area contributed by atoms with E-state index in [1.807, 2.05) is 32.2 Å². The molecule has 0 amide bonds. The molecule has 1 aromatic heterocycles. The minimum Gasteiger partial charge on any atom is -0.389 e. The van der Waals surface area contributed by atoms with Crippen LogP contribution in [0.2, 0.25) is 0 Å². The summed E-state index contributed by atoms with van der Waals surface area (Å²) in [5, 5.41) is 7.77. The zero-order valence-corrected chi connectivity index (χ0v) is 12.2. The smallest absolute Gasteiger partial charge is 0.138 e. The molecule has 0 fully saturated rings. The number of thiocarbonyl (C=S) groups is 1. The molecule has 4 nitrogen and oxygen atoms in total. The number of para-hydroxylation sites is 1. The summed E-state index contributed by atoms with van der Waals surface area (Å²) in [6.45, 7) is 4.04. The lowest BCUT2D eigenvalue weighted by atomic mass is 10.1.